The van der Waals surface area contributed by atoms with Gasteiger partial charge in [0.1, 0.15) is 10.8 Å². The molecule has 1 atom stereocenters. The summed E-state index contributed by atoms with van der Waals surface area (Å²) in [5.74, 6) is -0.197. The number of ether oxygens (including phenoxy) is 1. The third-order valence-corrected chi connectivity index (χ3v) is 9.95. The van der Waals surface area contributed by atoms with Crippen LogP contribution in [0.4, 0.5) is 23.1 Å². The third-order valence-electron chi connectivity index (χ3n) is 7.47. The number of nitrogens with zero attached hydrogens (tertiary/aromatic N) is 4. The number of anilines is 4. The molecule has 0 spiro atoms. The zero-order chi connectivity index (χ0) is 31.8. The van der Waals surface area contributed by atoms with E-state index in [1.54, 1.807) is 44.2 Å². The monoisotopic (exact) mass is 642 g/mol. The average molecular weight is 643 g/mol. The van der Waals surface area contributed by atoms with E-state index >= 15 is 0 Å². The van der Waals surface area contributed by atoms with E-state index in [2.05, 4.69) is 20.6 Å². The van der Waals surface area contributed by atoms with Gasteiger partial charge in [-0.2, -0.15) is 4.98 Å². The fraction of sp³-hybridized carbons (Fsp3) is 0.400. The molecule has 0 unspecified atom stereocenters. The maximum absolute atomic E-state index is 13.5. The zero-order valence-corrected chi connectivity index (χ0v) is 26.4. The fourth-order valence-corrected chi connectivity index (χ4v) is 6.61. The van der Waals surface area contributed by atoms with Crippen molar-refractivity contribution in [3.8, 4) is 5.75 Å². The number of benzene rings is 2. The molecule has 3 N–H and O–H groups in total. The predicted molar refractivity (Wildman–Crippen MR) is 167 cm³/mol. The Kier molecular flexibility index (Phi) is 9.12. The SMILES string of the molecule is CC(C)Oc1cc2c(cc1Nc1ncc(Cl)c(Nc3ccccc3S(=O)(=O)C(C)C)n1)C(=O)N([C@@H]1CCN(CCO)C1)C2=O. The molecule has 234 valence electrons. The van der Waals surface area contributed by atoms with Gasteiger partial charge in [0.25, 0.3) is 11.8 Å². The quantitative estimate of drug-likeness (QED) is 0.257. The van der Waals surface area contributed by atoms with Gasteiger partial charge >= 0.3 is 0 Å². The molecule has 0 saturated carbocycles. The minimum Gasteiger partial charge on any atom is -0.489 e. The molecule has 14 heteroatoms. The van der Waals surface area contributed by atoms with Crippen molar-refractivity contribution in [1.82, 2.24) is 19.8 Å². The molecule has 3 aromatic rings. The summed E-state index contributed by atoms with van der Waals surface area (Å²) in [6, 6.07) is 9.30. The number of carbonyl (C=O) groups is 2. The summed E-state index contributed by atoms with van der Waals surface area (Å²) in [5, 5.41) is 14.9. The Labute approximate surface area is 261 Å². The summed E-state index contributed by atoms with van der Waals surface area (Å²) in [6.07, 6.45) is 1.74. The summed E-state index contributed by atoms with van der Waals surface area (Å²) in [7, 11) is -3.61. The van der Waals surface area contributed by atoms with E-state index in [4.69, 9.17) is 16.3 Å². The molecular weight excluding hydrogens is 608 g/mol. The molecule has 0 radical (unpaired) electrons. The number of amides is 2. The molecule has 44 heavy (non-hydrogen) atoms. The first-order valence-electron chi connectivity index (χ1n) is 14.4. The highest BCUT2D eigenvalue weighted by molar-refractivity contribution is 7.92. The molecule has 3 heterocycles. The summed E-state index contributed by atoms with van der Waals surface area (Å²) >= 11 is 6.40. The van der Waals surface area contributed by atoms with Gasteiger partial charge in [-0.25, -0.2) is 13.4 Å². The summed E-state index contributed by atoms with van der Waals surface area (Å²) in [5.41, 5.74) is 1.15. The Balaban J connectivity index is 1.46. The molecule has 2 aliphatic rings. The number of aliphatic hydroxyl groups excluding tert-OH is 1. The molecular formula is C30H35ClN6O6S. The van der Waals surface area contributed by atoms with Crippen LogP contribution in [0.5, 0.6) is 5.75 Å². The normalized spacial score (nSPS) is 17.1. The zero-order valence-electron chi connectivity index (χ0n) is 24.9. The van der Waals surface area contributed by atoms with Crippen molar-refractivity contribution in [3.05, 3.63) is 58.7 Å². The van der Waals surface area contributed by atoms with Crippen LogP contribution in [0.15, 0.2) is 47.5 Å². The molecule has 2 aliphatic heterocycles. The van der Waals surface area contributed by atoms with Crippen molar-refractivity contribution in [2.24, 2.45) is 0 Å². The lowest BCUT2D eigenvalue weighted by atomic mass is 10.1. The van der Waals surface area contributed by atoms with E-state index in [0.29, 0.717) is 43.2 Å². The number of aliphatic hydroxyl groups is 1. The molecule has 2 amide bonds. The van der Waals surface area contributed by atoms with Gasteiger partial charge in [-0.15, -0.1) is 0 Å². The lowest BCUT2D eigenvalue weighted by Crippen LogP contribution is -2.41. The Morgan fingerprint density at radius 3 is 2.45 bits per heavy atom. The van der Waals surface area contributed by atoms with Crippen LogP contribution >= 0.6 is 11.6 Å². The predicted octanol–water partition coefficient (Wildman–Crippen LogP) is 4.25. The Hall–Kier alpha value is -3.78. The minimum absolute atomic E-state index is 0.00727. The topological polar surface area (TPSA) is 154 Å². The average Bonchev–Trinajstić information content (AvgIpc) is 3.52. The lowest BCUT2D eigenvalue weighted by Gasteiger charge is -2.22. The van der Waals surface area contributed by atoms with E-state index in [1.165, 1.54) is 17.2 Å². The van der Waals surface area contributed by atoms with Gasteiger partial charge in [-0.1, -0.05) is 23.7 Å². The Bertz CT molecular complexity index is 1700. The fourth-order valence-electron chi connectivity index (χ4n) is 5.27. The Morgan fingerprint density at radius 1 is 1.07 bits per heavy atom. The second kappa shape index (κ2) is 12.7. The van der Waals surface area contributed by atoms with Crippen LogP contribution < -0.4 is 15.4 Å². The number of hydrogen-bond donors (Lipinski definition) is 3. The van der Waals surface area contributed by atoms with Crippen molar-refractivity contribution in [3.63, 3.8) is 0 Å². The van der Waals surface area contributed by atoms with Crippen molar-refractivity contribution in [1.29, 1.82) is 0 Å². The number of β-amino-alcohol motifs (C(OH)–C–C–N with tert-alkyl or cyclic N) is 1. The molecule has 12 nitrogen and oxygen atoms in total. The summed E-state index contributed by atoms with van der Waals surface area (Å²) < 4.78 is 31.9. The highest BCUT2D eigenvalue weighted by atomic mass is 35.5. The molecule has 1 saturated heterocycles. The highest BCUT2D eigenvalue weighted by Crippen LogP contribution is 2.38. The van der Waals surface area contributed by atoms with E-state index < -0.39 is 21.0 Å². The van der Waals surface area contributed by atoms with Crippen LogP contribution in [-0.2, 0) is 9.84 Å². The number of halogens is 1. The first-order chi connectivity index (χ1) is 20.9. The van der Waals surface area contributed by atoms with Gasteiger partial charge in [0.15, 0.2) is 15.7 Å². The molecule has 1 aromatic heterocycles. The number of hydrogen-bond acceptors (Lipinski definition) is 11. The second-order valence-corrected chi connectivity index (χ2v) is 14.1. The number of nitrogens with one attached hydrogen (secondary N) is 2. The number of aromatic nitrogens is 2. The smallest absolute Gasteiger partial charge is 0.261 e. The van der Waals surface area contributed by atoms with Crippen LogP contribution in [0.2, 0.25) is 5.02 Å². The lowest BCUT2D eigenvalue weighted by molar-refractivity contribution is 0.0587. The molecule has 0 aliphatic carbocycles. The van der Waals surface area contributed by atoms with Crippen molar-refractivity contribution in [2.45, 2.75) is 56.4 Å². The molecule has 5 rings (SSSR count). The maximum Gasteiger partial charge on any atom is 0.261 e. The largest absolute Gasteiger partial charge is 0.489 e. The number of imide groups is 1. The Morgan fingerprint density at radius 2 is 1.77 bits per heavy atom. The first-order valence-corrected chi connectivity index (χ1v) is 16.3. The number of para-hydroxylation sites is 1. The van der Waals surface area contributed by atoms with Gasteiger partial charge < -0.3 is 20.5 Å². The number of sulfone groups is 1. The number of fused-ring (bicyclic) bond motifs is 1. The van der Waals surface area contributed by atoms with Gasteiger partial charge in [-0.3, -0.25) is 19.4 Å². The van der Waals surface area contributed by atoms with Crippen LogP contribution in [0, 0.1) is 0 Å². The van der Waals surface area contributed by atoms with Crippen molar-refractivity contribution in [2.75, 3.05) is 36.9 Å². The van der Waals surface area contributed by atoms with Gasteiger partial charge in [0, 0.05) is 19.6 Å². The summed E-state index contributed by atoms with van der Waals surface area (Å²) in [6.45, 7) is 8.58. The van der Waals surface area contributed by atoms with E-state index in [0.717, 1.165) is 0 Å². The standard InChI is InChI=1S/C30H35ClN6O6S/c1-17(2)43-25-14-21-20(28(39)37(29(21)40)19-9-10-36(16-19)11-12-38)13-24(25)34-30-32-15-22(31)27(35-30)33-23-7-5-6-8-26(23)44(41,42)18(3)4/h5-8,13-15,17-19,38H,9-12,16H2,1-4H3,(H2,32,33,34,35)/t19-/m1/s1. The molecule has 0 bridgehead atoms. The number of carbonyl (C=O) groups excluding carboxylic acids is 2. The molecule has 1 fully saturated rings. The van der Waals surface area contributed by atoms with Crippen LogP contribution in [-0.4, -0.2) is 88.7 Å². The van der Waals surface area contributed by atoms with Crippen LogP contribution in [0.25, 0.3) is 0 Å². The second-order valence-electron chi connectivity index (χ2n) is 11.2. The number of rotatable bonds is 11. The first kappa shape index (κ1) is 31.6. The van der Waals surface area contributed by atoms with Gasteiger partial charge in [-0.05, 0) is 58.4 Å². The minimum atomic E-state index is -3.61. The van der Waals surface area contributed by atoms with Gasteiger partial charge in [0.2, 0.25) is 5.95 Å². The van der Waals surface area contributed by atoms with E-state index in [9.17, 15) is 23.1 Å². The van der Waals surface area contributed by atoms with Gasteiger partial charge in [0.05, 0.1) is 57.6 Å². The van der Waals surface area contributed by atoms with Crippen LogP contribution in [0.1, 0.15) is 54.8 Å². The third kappa shape index (κ3) is 6.23. The molecule has 2 aromatic carbocycles. The van der Waals surface area contributed by atoms with E-state index in [-0.39, 0.29) is 57.5 Å². The number of likely N-dealkylation sites (tertiary alicyclic amines) is 1. The van der Waals surface area contributed by atoms with E-state index in [1.807, 2.05) is 18.7 Å². The van der Waals surface area contributed by atoms with Crippen molar-refractivity contribution >= 4 is 56.4 Å². The van der Waals surface area contributed by atoms with Crippen LogP contribution in [0.3, 0.4) is 0 Å². The summed E-state index contributed by atoms with van der Waals surface area (Å²) in [4.78, 5) is 39.1. The van der Waals surface area contributed by atoms with Crippen molar-refractivity contribution < 1.29 is 27.9 Å². The maximum atomic E-state index is 13.5. The highest BCUT2D eigenvalue weighted by Gasteiger charge is 2.43.